The lowest BCUT2D eigenvalue weighted by molar-refractivity contribution is 0.317. The van der Waals surface area contributed by atoms with Crippen molar-refractivity contribution in [2.75, 3.05) is 0 Å². The minimum atomic E-state index is -0.156. The number of nitrogens with zero attached hydrogens (tertiary/aromatic N) is 2. The molecule has 1 aromatic heterocycles. The predicted octanol–water partition coefficient (Wildman–Crippen LogP) is 5.54. The second-order valence-electron chi connectivity index (χ2n) is 6.17. The van der Waals surface area contributed by atoms with Crippen LogP contribution in [0.5, 0.6) is 0 Å². The Kier molecular flexibility index (Phi) is 4.36. The van der Waals surface area contributed by atoms with Crippen LogP contribution in [0.25, 0.3) is 0 Å². The zero-order valence-electron chi connectivity index (χ0n) is 13.1. The summed E-state index contributed by atoms with van der Waals surface area (Å²) in [5.74, 6) is 0.958. The van der Waals surface area contributed by atoms with Crippen LogP contribution >= 0.6 is 23.1 Å². The Labute approximate surface area is 145 Å². The van der Waals surface area contributed by atoms with Gasteiger partial charge in [0.05, 0.1) is 4.88 Å². The molecule has 0 radical (unpaired) electrons. The highest BCUT2D eigenvalue weighted by Gasteiger charge is 2.37. The van der Waals surface area contributed by atoms with Gasteiger partial charge >= 0.3 is 0 Å². The van der Waals surface area contributed by atoms with Gasteiger partial charge in [0.1, 0.15) is 10.8 Å². The van der Waals surface area contributed by atoms with Gasteiger partial charge in [-0.2, -0.15) is 0 Å². The molecule has 1 fully saturated rings. The van der Waals surface area contributed by atoms with Crippen molar-refractivity contribution < 1.29 is 0 Å². The van der Waals surface area contributed by atoms with Crippen LogP contribution in [0.2, 0.25) is 0 Å². The number of thiophene rings is 1. The smallest absolute Gasteiger partial charge is 0.152 e. The third-order valence-electron chi connectivity index (χ3n) is 4.46. The van der Waals surface area contributed by atoms with Gasteiger partial charge in [-0.1, -0.05) is 54.6 Å². The molecule has 2 aromatic rings. The standard InChI is InChI=1S/C19H20N2S2/c1-3-8-15(9-4-1)14-23-18-17(16-10-7-13-22-16)20-19(21-18)11-5-2-6-12-19/h1,3-4,7-10,13H,2,5-6,11-12,14H2. The van der Waals surface area contributed by atoms with Gasteiger partial charge in [0.2, 0.25) is 0 Å². The van der Waals surface area contributed by atoms with Crippen molar-refractivity contribution in [2.45, 2.75) is 43.5 Å². The van der Waals surface area contributed by atoms with E-state index in [0.717, 1.165) is 29.3 Å². The minimum Gasteiger partial charge on any atom is -0.251 e. The fourth-order valence-corrected chi connectivity index (χ4v) is 5.07. The summed E-state index contributed by atoms with van der Waals surface area (Å²) in [6.45, 7) is 0. The number of hydrogen-bond donors (Lipinski definition) is 0. The fraction of sp³-hybridized carbons (Fsp3) is 0.368. The lowest BCUT2D eigenvalue weighted by Crippen LogP contribution is -2.25. The molecule has 1 aliphatic heterocycles. The molecular formula is C19H20N2S2. The molecule has 4 rings (SSSR count). The molecule has 0 bridgehead atoms. The lowest BCUT2D eigenvalue weighted by atomic mass is 9.90. The van der Waals surface area contributed by atoms with E-state index >= 15 is 0 Å². The van der Waals surface area contributed by atoms with Crippen LogP contribution in [-0.2, 0) is 5.75 Å². The van der Waals surface area contributed by atoms with Crippen molar-refractivity contribution in [3.8, 4) is 0 Å². The molecule has 1 spiro atoms. The number of hydrogen-bond acceptors (Lipinski definition) is 4. The SMILES string of the molecule is c1ccc(CSC2=NC3(CCCCC3)N=C2c2cccs2)cc1. The molecule has 2 nitrogen and oxygen atoms in total. The van der Waals surface area contributed by atoms with Crippen molar-refractivity contribution in [1.29, 1.82) is 0 Å². The molecule has 0 N–H and O–H groups in total. The van der Waals surface area contributed by atoms with Crippen LogP contribution < -0.4 is 0 Å². The van der Waals surface area contributed by atoms with E-state index in [1.54, 1.807) is 11.3 Å². The van der Waals surface area contributed by atoms with Gasteiger partial charge in [0.15, 0.2) is 5.66 Å². The zero-order chi connectivity index (χ0) is 15.5. The van der Waals surface area contributed by atoms with E-state index in [0.29, 0.717) is 0 Å². The number of benzene rings is 1. The minimum absolute atomic E-state index is 0.156. The van der Waals surface area contributed by atoms with Crippen LogP contribution in [0.4, 0.5) is 0 Å². The maximum atomic E-state index is 5.12. The van der Waals surface area contributed by atoms with E-state index in [1.807, 2.05) is 11.8 Å². The first-order valence-corrected chi connectivity index (χ1v) is 10.1. The summed E-state index contributed by atoms with van der Waals surface area (Å²) >= 11 is 3.60. The molecule has 118 valence electrons. The largest absolute Gasteiger partial charge is 0.251 e. The molecule has 0 amide bonds. The highest BCUT2D eigenvalue weighted by molar-refractivity contribution is 8.15. The molecule has 0 unspecified atom stereocenters. The van der Waals surface area contributed by atoms with Gasteiger partial charge in [0, 0.05) is 5.75 Å². The van der Waals surface area contributed by atoms with Crippen LogP contribution in [0.15, 0.2) is 57.8 Å². The Hall–Kier alpha value is -1.39. The maximum absolute atomic E-state index is 5.12. The third-order valence-corrected chi connectivity index (χ3v) is 6.37. The van der Waals surface area contributed by atoms with E-state index in [9.17, 15) is 0 Å². The van der Waals surface area contributed by atoms with Crippen molar-refractivity contribution >= 4 is 33.9 Å². The van der Waals surface area contributed by atoms with Gasteiger partial charge in [0.25, 0.3) is 0 Å². The Morgan fingerprint density at radius 3 is 2.52 bits per heavy atom. The molecule has 1 aromatic carbocycles. The average molecular weight is 341 g/mol. The maximum Gasteiger partial charge on any atom is 0.152 e. The molecule has 2 heterocycles. The Bertz CT molecular complexity index is 711. The first-order valence-electron chi connectivity index (χ1n) is 8.25. The van der Waals surface area contributed by atoms with Gasteiger partial charge in [-0.25, -0.2) is 4.99 Å². The van der Waals surface area contributed by atoms with Gasteiger partial charge < -0.3 is 0 Å². The van der Waals surface area contributed by atoms with Crippen LogP contribution in [0, 0.1) is 0 Å². The van der Waals surface area contributed by atoms with Crippen LogP contribution in [0.3, 0.4) is 0 Å². The Morgan fingerprint density at radius 2 is 1.78 bits per heavy atom. The quantitative estimate of drug-likeness (QED) is 0.719. The summed E-state index contributed by atoms with van der Waals surface area (Å²) in [4.78, 5) is 11.5. The van der Waals surface area contributed by atoms with Crippen LogP contribution in [0.1, 0.15) is 42.5 Å². The summed E-state index contributed by atoms with van der Waals surface area (Å²) in [6.07, 6.45) is 6.05. The molecular weight excluding hydrogens is 320 g/mol. The Balaban J connectivity index is 1.60. The van der Waals surface area contributed by atoms with E-state index < -0.39 is 0 Å². The van der Waals surface area contributed by atoms with Gasteiger partial charge in [-0.3, -0.25) is 4.99 Å². The highest BCUT2D eigenvalue weighted by Crippen LogP contribution is 2.39. The molecule has 0 atom stereocenters. The van der Waals surface area contributed by atoms with E-state index in [1.165, 1.54) is 29.7 Å². The first kappa shape index (κ1) is 15.2. The topological polar surface area (TPSA) is 24.7 Å². The second kappa shape index (κ2) is 6.62. The third kappa shape index (κ3) is 3.29. The molecule has 1 saturated carbocycles. The molecule has 1 aliphatic carbocycles. The monoisotopic (exact) mass is 340 g/mol. The number of aliphatic imine (C=N–C) groups is 2. The van der Waals surface area contributed by atoms with Crippen molar-refractivity contribution in [3.05, 3.63) is 58.3 Å². The van der Waals surface area contributed by atoms with Crippen LogP contribution in [-0.4, -0.2) is 16.4 Å². The van der Waals surface area contributed by atoms with E-state index in [-0.39, 0.29) is 5.66 Å². The summed E-state index contributed by atoms with van der Waals surface area (Å²) < 4.78 is 0. The average Bonchev–Trinajstić information content (AvgIpc) is 3.23. The second-order valence-corrected chi connectivity index (χ2v) is 8.08. The predicted molar refractivity (Wildman–Crippen MR) is 102 cm³/mol. The summed E-state index contributed by atoms with van der Waals surface area (Å²) in [5, 5.41) is 3.27. The summed E-state index contributed by atoms with van der Waals surface area (Å²) in [7, 11) is 0. The van der Waals surface area contributed by atoms with Crippen molar-refractivity contribution in [2.24, 2.45) is 9.98 Å². The first-order chi connectivity index (χ1) is 11.3. The number of rotatable bonds is 3. The fourth-order valence-electron chi connectivity index (χ4n) is 3.26. The molecule has 4 heteroatoms. The van der Waals surface area contributed by atoms with Crippen molar-refractivity contribution in [3.63, 3.8) is 0 Å². The Morgan fingerprint density at radius 1 is 0.957 bits per heavy atom. The lowest BCUT2D eigenvalue weighted by Gasteiger charge is -2.27. The molecule has 0 saturated heterocycles. The zero-order valence-corrected chi connectivity index (χ0v) is 14.7. The normalized spacial score (nSPS) is 19.7. The summed E-state index contributed by atoms with van der Waals surface area (Å²) in [6, 6.07) is 14.9. The summed E-state index contributed by atoms with van der Waals surface area (Å²) in [5.41, 5.74) is 2.31. The molecule has 2 aliphatic rings. The highest BCUT2D eigenvalue weighted by atomic mass is 32.2. The van der Waals surface area contributed by atoms with E-state index in [2.05, 4.69) is 47.8 Å². The van der Waals surface area contributed by atoms with Gasteiger partial charge in [-0.15, -0.1) is 11.3 Å². The molecule has 23 heavy (non-hydrogen) atoms. The van der Waals surface area contributed by atoms with Crippen molar-refractivity contribution in [1.82, 2.24) is 0 Å². The number of thioether (sulfide) groups is 1. The van der Waals surface area contributed by atoms with Gasteiger partial charge in [-0.05, 0) is 42.7 Å². The van der Waals surface area contributed by atoms with E-state index in [4.69, 9.17) is 9.98 Å².